The lowest BCUT2D eigenvalue weighted by atomic mass is 9.87. The van der Waals surface area contributed by atoms with Crippen LogP contribution in [0.25, 0.3) is 0 Å². The third-order valence-corrected chi connectivity index (χ3v) is 7.41. The number of piperazine rings is 1. The van der Waals surface area contributed by atoms with E-state index in [4.69, 9.17) is 0 Å². The second kappa shape index (κ2) is 6.89. The van der Waals surface area contributed by atoms with Gasteiger partial charge in [0.1, 0.15) is 0 Å². The standard InChI is InChI=1S/C21H39N3/c1-17(2)14-21(6-7-21)16-24-19-4-5-20(24)13-18(12-19)15-23-10-8-22(3)9-11-23/h17-20H,4-16H2,1-3H3/t18-,19-,20+. The molecule has 2 bridgehead atoms. The van der Waals surface area contributed by atoms with Crippen molar-refractivity contribution in [1.82, 2.24) is 14.7 Å². The van der Waals surface area contributed by atoms with Crippen LogP contribution in [0.5, 0.6) is 0 Å². The lowest BCUT2D eigenvalue weighted by Gasteiger charge is -2.43. The number of nitrogens with zero attached hydrogens (tertiary/aromatic N) is 3. The van der Waals surface area contributed by atoms with Gasteiger partial charge >= 0.3 is 0 Å². The highest BCUT2D eigenvalue weighted by Gasteiger charge is 2.49. The van der Waals surface area contributed by atoms with Crippen LogP contribution in [-0.4, -0.2) is 73.1 Å². The van der Waals surface area contributed by atoms with Gasteiger partial charge in [0.2, 0.25) is 0 Å². The predicted octanol–water partition coefficient (Wildman–Crippen LogP) is 3.30. The van der Waals surface area contributed by atoms with Gasteiger partial charge in [-0.05, 0) is 69.2 Å². The van der Waals surface area contributed by atoms with E-state index in [1.807, 2.05) is 0 Å². The van der Waals surface area contributed by atoms with E-state index in [1.54, 1.807) is 0 Å². The Balaban J connectivity index is 1.29. The summed E-state index contributed by atoms with van der Waals surface area (Å²) >= 11 is 0. The molecule has 4 fully saturated rings. The highest BCUT2D eigenvalue weighted by Crippen LogP contribution is 2.53. The summed E-state index contributed by atoms with van der Waals surface area (Å²) in [5.74, 6) is 1.85. The Kier molecular flexibility index (Phi) is 4.96. The van der Waals surface area contributed by atoms with Gasteiger partial charge in [-0.25, -0.2) is 0 Å². The van der Waals surface area contributed by atoms with Crippen molar-refractivity contribution >= 4 is 0 Å². The lowest BCUT2D eigenvalue weighted by Crippen LogP contribution is -2.50. The zero-order valence-corrected chi connectivity index (χ0v) is 16.3. The quantitative estimate of drug-likeness (QED) is 0.738. The summed E-state index contributed by atoms with van der Waals surface area (Å²) in [6.07, 6.45) is 10.4. The summed E-state index contributed by atoms with van der Waals surface area (Å²) in [5.41, 5.74) is 0.722. The smallest absolute Gasteiger partial charge is 0.0110 e. The molecule has 0 radical (unpaired) electrons. The maximum atomic E-state index is 2.98. The molecule has 0 spiro atoms. The van der Waals surface area contributed by atoms with Crippen LogP contribution in [0, 0.1) is 17.3 Å². The average molecular weight is 334 g/mol. The molecular formula is C21H39N3. The second-order valence-electron chi connectivity index (χ2n) is 10.1. The fourth-order valence-corrected chi connectivity index (χ4v) is 6.05. The van der Waals surface area contributed by atoms with Gasteiger partial charge in [-0.3, -0.25) is 4.90 Å². The molecule has 1 saturated carbocycles. The number of piperidine rings is 1. The Morgan fingerprint density at radius 2 is 1.58 bits per heavy atom. The van der Waals surface area contributed by atoms with Crippen LogP contribution in [0.4, 0.5) is 0 Å². The third kappa shape index (κ3) is 3.83. The van der Waals surface area contributed by atoms with E-state index in [1.165, 1.54) is 84.2 Å². The minimum atomic E-state index is 0.722. The molecule has 0 aromatic rings. The van der Waals surface area contributed by atoms with Gasteiger partial charge in [-0.15, -0.1) is 0 Å². The minimum Gasteiger partial charge on any atom is -0.304 e. The molecule has 0 N–H and O–H groups in total. The first-order valence-corrected chi connectivity index (χ1v) is 10.7. The van der Waals surface area contributed by atoms with Crippen molar-refractivity contribution in [3.8, 4) is 0 Å². The minimum absolute atomic E-state index is 0.722. The Labute approximate surface area is 149 Å². The van der Waals surface area contributed by atoms with Gasteiger partial charge in [0.15, 0.2) is 0 Å². The van der Waals surface area contributed by atoms with Crippen molar-refractivity contribution in [1.29, 1.82) is 0 Å². The molecule has 3 aliphatic heterocycles. The molecule has 138 valence electrons. The van der Waals surface area contributed by atoms with E-state index in [9.17, 15) is 0 Å². The Hall–Kier alpha value is -0.120. The highest BCUT2D eigenvalue weighted by atomic mass is 15.3. The van der Waals surface area contributed by atoms with Gasteiger partial charge < -0.3 is 9.80 Å². The monoisotopic (exact) mass is 333 g/mol. The molecule has 0 aromatic heterocycles. The molecule has 3 atom stereocenters. The Bertz CT molecular complexity index is 409. The average Bonchev–Trinajstić information content (AvgIpc) is 3.23. The first kappa shape index (κ1) is 17.3. The number of likely N-dealkylation sites (N-methyl/N-ethyl adjacent to an activating group) is 1. The summed E-state index contributed by atoms with van der Waals surface area (Å²) in [6, 6.07) is 1.84. The van der Waals surface area contributed by atoms with Crippen LogP contribution in [0.3, 0.4) is 0 Å². The number of rotatable bonds is 6. The van der Waals surface area contributed by atoms with Crippen molar-refractivity contribution < 1.29 is 0 Å². The third-order valence-electron chi connectivity index (χ3n) is 7.41. The first-order valence-electron chi connectivity index (χ1n) is 10.7. The van der Waals surface area contributed by atoms with Crippen LogP contribution in [0.15, 0.2) is 0 Å². The van der Waals surface area contributed by atoms with Crippen LogP contribution in [0.1, 0.15) is 58.8 Å². The molecule has 0 amide bonds. The zero-order chi connectivity index (χ0) is 16.7. The summed E-state index contributed by atoms with van der Waals surface area (Å²) < 4.78 is 0. The molecule has 24 heavy (non-hydrogen) atoms. The van der Waals surface area contributed by atoms with Gasteiger partial charge in [-0.2, -0.15) is 0 Å². The van der Waals surface area contributed by atoms with Gasteiger partial charge in [0.25, 0.3) is 0 Å². The van der Waals surface area contributed by atoms with Crippen LogP contribution in [-0.2, 0) is 0 Å². The van der Waals surface area contributed by atoms with Gasteiger partial charge in [0.05, 0.1) is 0 Å². The number of hydrogen-bond donors (Lipinski definition) is 0. The lowest BCUT2D eigenvalue weighted by molar-refractivity contribution is 0.0524. The van der Waals surface area contributed by atoms with Crippen LogP contribution in [0.2, 0.25) is 0 Å². The van der Waals surface area contributed by atoms with Gasteiger partial charge in [-0.1, -0.05) is 13.8 Å². The fourth-order valence-electron chi connectivity index (χ4n) is 6.05. The summed E-state index contributed by atoms with van der Waals surface area (Å²) in [6.45, 7) is 12.8. The van der Waals surface area contributed by atoms with Crippen molar-refractivity contribution in [3.63, 3.8) is 0 Å². The topological polar surface area (TPSA) is 9.72 Å². The molecule has 4 rings (SSSR count). The van der Waals surface area contributed by atoms with E-state index in [-0.39, 0.29) is 0 Å². The second-order valence-corrected chi connectivity index (χ2v) is 10.1. The van der Waals surface area contributed by atoms with E-state index in [2.05, 4.69) is 35.6 Å². The van der Waals surface area contributed by atoms with Gasteiger partial charge in [0, 0.05) is 51.4 Å². The van der Waals surface area contributed by atoms with Crippen molar-refractivity contribution in [2.75, 3.05) is 46.3 Å². The molecule has 0 unspecified atom stereocenters. The fraction of sp³-hybridized carbons (Fsp3) is 1.00. The molecular weight excluding hydrogens is 294 g/mol. The summed E-state index contributed by atoms with van der Waals surface area (Å²) in [5, 5.41) is 0. The molecule has 3 heterocycles. The number of fused-ring (bicyclic) bond motifs is 2. The van der Waals surface area contributed by atoms with E-state index in [0.717, 1.165) is 29.3 Å². The normalized spacial score (nSPS) is 37.2. The first-order chi connectivity index (χ1) is 11.5. The maximum Gasteiger partial charge on any atom is 0.0110 e. The highest BCUT2D eigenvalue weighted by molar-refractivity contribution is 5.03. The van der Waals surface area contributed by atoms with E-state index in [0.29, 0.717) is 0 Å². The van der Waals surface area contributed by atoms with E-state index < -0.39 is 0 Å². The molecule has 3 heteroatoms. The predicted molar refractivity (Wildman–Crippen MR) is 101 cm³/mol. The van der Waals surface area contributed by atoms with Crippen molar-refractivity contribution in [2.24, 2.45) is 17.3 Å². The van der Waals surface area contributed by atoms with Crippen LogP contribution < -0.4 is 0 Å². The Morgan fingerprint density at radius 3 is 2.12 bits per heavy atom. The molecule has 3 saturated heterocycles. The molecule has 3 nitrogen and oxygen atoms in total. The molecule has 0 aromatic carbocycles. The maximum absolute atomic E-state index is 2.98. The molecule has 1 aliphatic carbocycles. The largest absolute Gasteiger partial charge is 0.304 e. The van der Waals surface area contributed by atoms with Crippen LogP contribution >= 0.6 is 0 Å². The van der Waals surface area contributed by atoms with E-state index >= 15 is 0 Å². The SMILES string of the molecule is CC(C)CC1(CN2[C@@H]3CC[C@H]2C[C@H](CN2CCN(C)CC2)C3)CC1. The number of hydrogen-bond acceptors (Lipinski definition) is 3. The zero-order valence-electron chi connectivity index (χ0n) is 16.3. The summed E-state index contributed by atoms with van der Waals surface area (Å²) in [7, 11) is 2.26. The summed E-state index contributed by atoms with van der Waals surface area (Å²) in [4.78, 5) is 8.21. The van der Waals surface area contributed by atoms with Crippen molar-refractivity contribution in [3.05, 3.63) is 0 Å². The Morgan fingerprint density at radius 1 is 0.958 bits per heavy atom. The molecule has 4 aliphatic rings. The van der Waals surface area contributed by atoms with Crippen molar-refractivity contribution in [2.45, 2.75) is 70.9 Å².